The molecule has 0 heterocycles. The van der Waals surface area contributed by atoms with Gasteiger partial charge in [-0.3, -0.25) is 4.79 Å². The van der Waals surface area contributed by atoms with E-state index in [1.807, 2.05) is 14.1 Å². The number of hydrogen-bond acceptors (Lipinski definition) is 3. The molecule has 13 heavy (non-hydrogen) atoms. The maximum Gasteiger partial charge on any atom is 0.246 e. The molecule has 0 aromatic rings. The molecule has 0 spiro atoms. The normalized spacial score (nSPS) is 14.8. The fourth-order valence-corrected chi connectivity index (χ4v) is 1.09. The van der Waals surface area contributed by atoms with Crippen LogP contribution >= 0.6 is 0 Å². The summed E-state index contributed by atoms with van der Waals surface area (Å²) >= 11 is 0. The van der Waals surface area contributed by atoms with Crippen molar-refractivity contribution in [3.05, 3.63) is 11.3 Å². The number of primary amides is 1. The van der Waals surface area contributed by atoms with E-state index in [-0.39, 0.29) is 0 Å². The molecule has 3 N–H and O–H groups in total. The molecule has 0 aliphatic heterocycles. The molecule has 0 aromatic carbocycles. The summed E-state index contributed by atoms with van der Waals surface area (Å²) in [5.74, 6) is -0.440. The summed E-state index contributed by atoms with van der Waals surface area (Å²) < 4.78 is 0. The van der Waals surface area contributed by atoms with Crippen LogP contribution in [0.2, 0.25) is 0 Å². The molecule has 0 rings (SSSR count). The van der Waals surface area contributed by atoms with E-state index in [1.165, 1.54) is 0 Å². The van der Waals surface area contributed by atoms with Crippen LogP contribution in [0, 0.1) is 0 Å². The summed E-state index contributed by atoms with van der Waals surface area (Å²) in [6, 6.07) is 0. The Hall–Kier alpha value is -1.03. The molecule has 1 atom stereocenters. The first-order valence-corrected chi connectivity index (χ1v) is 4.21. The molecule has 0 aliphatic rings. The van der Waals surface area contributed by atoms with Crippen molar-refractivity contribution in [2.24, 2.45) is 5.73 Å². The van der Waals surface area contributed by atoms with Gasteiger partial charge in [-0.2, -0.15) is 0 Å². The highest BCUT2D eigenvalue weighted by Crippen LogP contribution is 2.13. The van der Waals surface area contributed by atoms with Gasteiger partial charge in [-0.25, -0.2) is 0 Å². The predicted molar refractivity (Wildman–Crippen MR) is 51.9 cm³/mol. The van der Waals surface area contributed by atoms with Crippen molar-refractivity contribution in [3.8, 4) is 0 Å². The number of hydrogen-bond donors (Lipinski definition) is 2. The number of nitrogens with zero attached hydrogens (tertiary/aromatic N) is 1. The van der Waals surface area contributed by atoms with E-state index in [0.29, 0.717) is 12.0 Å². The molecular formula is C9H18N2O2. The molecule has 0 saturated carbocycles. The van der Waals surface area contributed by atoms with Crippen LogP contribution in [0.15, 0.2) is 11.3 Å². The molecule has 0 radical (unpaired) electrons. The lowest BCUT2D eigenvalue weighted by atomic mass is 10.1. The van der Waals surface area contributed by atoms with Gasteiger partial charge in [0.25, 0.3) is 0 Å². The van der Waals surface area contributed by atoms with Gasteiger partial charge in [-0.15, -0.1) is 0 Å². The Morgan fingerprint density at radius 1 is 1.54 bits per heavy atom. The maximum absolute atomic E-state index is 10.9. The van der Waals surface area contributed by atoms with Gasteiger partial charge in [0.05, 0.1) is 6.10 Å². The van der Waals surface area contributed by atoms with Crippen molar-refractivity contribution in [3.63, 3.8) is 0 Å². The van der Waals surface area contributed by atoms with Gasteiger partial charge < -0.3 is 15.7 Å². The van der Waals surface area contributed by atoms with Crippen LogP contribution in [0.25, 0.3) is 0 Å². The monoisotopic (exact) mass is 186 g/mol. The van der Waals surface area contributed by atoms with Crippen LogP contribution in [-0.4, -0.2) is 36.1 Å². The van der Waals surface area contributed by atoms with E-state index in [0.717, 1.165) is 5.70 Å². The summed E-state index contributed by atoms with van der Waals surface area (Å²) in [4.78, 5) is 12.7. The lowest BCUT2D eigenvalue weighted by Gasteiger charge is -2.20. The van der Waals surface area contributed by atoms with Crippen LogP contribution < -0.4 is 5.73 Å². The molecule has 0 saturated heterocycles. The lowest BCUT2D eigenvalue weighted by molar-refractivity contribution is -0.114. The van der Waals surface area contributed by atoms with Gasteiger partial charge in [0.15, 0.2) is 0 Å². The Bertz CT molecular complexity index is 220. The summed E-state index contributed by atoms with van der Waals surface area (Å²) in [6.07, 6.45) is -0.0198. The summed E-state index contributed by atoms with van der Waals surface area (Å²) in [5, 5.41) is 9.19. The molecule has 0 fully saturated rings. The Labute approximate surface area is 79.0 Å². The number of carbonyl (C=O) groups is 1. The summed E-state index contributed by atoms with van der Waals surface area (Å²) in [7, 11) is 3.65. The minimum atomic E-state index is -0.466. The van der Waals surface area contributed by atoms with E-state index in [4.69, 9.17) is 5.73 Å². The van der Waals surface area contributed by atoms with Crippen molar-refractivity contribution in [1.82, 2.24) is 4.90 Å². The number of rotatable bonds is 4. The first-order valence-electron chi connectivity index (χ1n) is 4.21. The first kappa shape index (κ1) is 12.0. The second-order valence-corrected chi connectivity index (χ2v) is 3.38. The molecular weight excluding hydrogens is 168 g/mol. The molecule has 4 heteroatoms. The average Bonchev–Trinajstić information content (AvgIpc) is 1.97. The highest BCUT2D eigenvalue weighted by atomic mass is 16.3. The smallest absolute Gasteiger partial charge is 0.246 e. The Morgan fingerprint density at radius 3 is 2.23 bits per heavy atom. The van der Waals surface area contributed by atoms with Crippen LogP contribution in [-0.2, 0) is 4.79 Å². The minimum Gasteiger partial charge on any atom is -0.393 e. The Balaban J connectivity index is 4.78. The SMILES string of the molecule is C/C(C(N)=O)=C(/CC(C)O)N(C)C. The molecule has 0 aromatic heterocycles. The van der Waals surface area contributed by atoms with Crippen molar-refractivity contribution in [1.29, 1.82) is 0 Å². The van der Waals surface area contributed by atoms with E-state index >= 15 is 0 Å². The lowest BCUT2D eigenvalue weighted by Crippen LogP contribution is -2.23. The Kier molecular flexibility index (Phi) is 4.48. The maximum atomic E-state index is 10.9. The van der Waals surface area contributed by atoms with Gasteiger partial charge in [0.2, 0.25) is 5.91 Å². The van der Waals surface area contributed by atoms with Crippen LogP contribution in [0.5, 0.6) is 0 Å². The van der Waals surface area contributed by atoms with Crippen molar-refractivity contribution in [2.75, 3.05) is 14.1 Å². The van der Waals surface area contributed by atoms with E-state index in [9.17, 15) is 9.90 Å². The average molecular weight is 186 g/mol. The van der Waals surface area contributed by atoms with Gasteiger partial charge in [-0.1, -0.05) is 0 Å². The minimum absolute atomic E-state index is 0.440. The van der Waals surface area contributed by atoms with Crippen molar-refractivity contribution < 1.29 is 9.90 Å². The summed E-state index contributed by atoms with van der Waals surface area (Å²) in [5.41, 5.74) is 6.43. The standard InChI is InChI=1S/C9H18N2O2/c1-6(12)5-8(11(3)4)7(2)9(10)13/h6,12H,5H2,1-4H3,(H2,10,13)/b8-7+. The van der Waals surface area contributed by atoms with Crippen molar-refractivity contribution >= 4 is 5.91 Å². The quantitative estimate of drug-likeness (QED) is 0.611. The molecule has 1 unspecified atom stereocenters. The highest BCUT2D eigenvalue weighted by Gasteiger charge is 2.11. The third kappa shape index (κ3) is 3.94. The number of amides is 1. The first-order chi connectivity index (χ1) is 5.86. The van der Waals surface area contributed by atoms with Gasteiger partial charge >= 0.3 is 0 Å². The topological polar surface area (TPSA) is 66.6 Å². The van der Waals surface area contributed by atoms with Gasteiger partial charge in [0, 0.05) is 31.8 Å². The Morgan fingerprint density at radius 2 is 2.00 bits per heavy atom. The fraction of sp³-hybridized carbons (Fsp3) is 0.667. The predicted octanol–water partition coefficient (Wildman–Crippen LogP) is 0.0782. The summed E-state index contributed by atoms with van der Waals surface area (Å²) in [6.45, 7) is 3.35. The molecule has 0 aliphatic carbocycles. The van der Waals surface area contributed by atoms with Crippen LogP contribution in [0.3, 0.4) is 0 Å². The van der Waals surface area contributed by atoms with E-state index in [2.05, 4.69) is 0 Å². The second-order valence-electron chi connectivity index (χ2n) is 3.38. The van der Waals surface area contributed by atoms with E-state index in [1.54, 1.807) is 18.7 Å². The van der Waals surface area contributed by atoms with Crippen LogP contribution in [0.1, 0.15) is 20.3 Å². The largest absolute Gasteiger partial charge is 0.393 e. The molecule has 76 valence electrons. The third-order valence-corrected chi connectivity index (χ3v) is 1.83. The molecule has 4 nitrogen and oxygen atoms in total. The number of aliphatic hydroxyl groups excluding tert-OH is 1. The number of carbonyl (C=O) groups excluding carboxylic acids is 1. The zero-order valence-electron chi connectivity index (χ0n) is 8.66. The number of aliphatic hydroxyl groups is 1. The molecule has 1 amide bonds. The number of nitrogens with two attached hydrogens (primary N) is 1. The third-order valence-electron chi connectivity index (χ3n) is 1.83. The molecule has 0 bridgehead atoms. The van der Waals surface area contributed by atoms with E-state index < -0.39 is 12.0 Å². The zero-order valence-corrected chi connectivity index (χ0v) is 8.66. The zero-order chi connectivity index (χ0) is 10.6. The van der Waals surface area contributed by atoms with Crippen molar-refractivity contribution in [2.45, 2.75) is 26.4 Å². The van der Waals surface area contributed by atoms with Gasteiger partial charge in [0.1, 0.15) is 0 Å². The fourth-order valence-electron chi connectivity index (χ4n) is 1.09. The van der Waals surface area contributed by atoms with Gasteiger partial charge in [-0.05, 0) is 13.8 Å². The van der Waals surface area contributed by atoms with Crippen LogP contribution in [0.4, 0.5) is 0 Å². The second kappa shape index (κ2) is 4.87. The highest BCUT2D eigenvalue weighted by molar-refractivity contribution is 5.91.